The molecule has 25 heavy (non-hydrogen) atoms. The van der Waals surface area contributed by atoms with Crippen molar-refractivity contribution >= 4 is 23.5 Å². The van der Waals surface area contributed by atoms with Gasteiger partial charge in [0.25, 0.3) is 5.91 Å². The lowest BCUT2D eigenvalue weighted by Crippen LogP contribution is -2.40. The van der Waals surface area contributed by atoms with Crippen molar-refractivity contribution in [3.8, 4) is 5.82 Å². The van der Waals surface area contributed by atoms with Crippen LogP contribution in [0, 0.1) is 19.8 Å². The number of rotatable bonds is 3. The summed E-state index contributed by atoms with van der Waals surface area (Å²) in [5.41, 5.74) is 1.94. The zero-order chi connectivity index (χ0) is 18.1. The molecule has 0 unspecified atom stereocenters. The average Bonchev–Trinajstić information content (AvgIpc) is 2.93. The minimum Gasteiger partial charge on any atom is -0.481 e. The summed E-state index contributed by atoms with van der Waals surface area (Å²) < 4.78 is 1.67. The number of carboxylic acids is 1. The Kier molecular flexibility index (Phi) is 4.76. The first-order valence-corrected chi connectivity index (χ1v) is 8.47. The molecular weight excluding hydrogens is 344 g/mol. The first-order valence-electron chi connectivity index (χ1n) is 8.09. The summed E-state index contributed by atoms with van der Waals surface area (Å²) in [5.74, 6) is -0.959. The number of carbonyl (C=O) groups excluding carboxylic acids is 1. The Morgan fingerprint density at radius 2 is 1.92 bits per heavy atom. The molecule has 0 bridgehead atoms. The number of aryl methyl sites for hydroxylation is 2. The summed E-state index contributed by atoms with van der Waals surface area (Å²) in [6.07, 6.45) is 0.881. The van der Waals surface area contributed by atoms with Gasteiger partial charge in [0.2, 0.25) is 0 Å². The average molecular weight is 363 g/mol. The zero-order valence-corrected chi connectivity index (χ0v) is 14.8. The van der Waals surface area contributed by atoms with Crippen molar-refractivity contribution in [2.75, 3.05) is 13.1 Å². The molecule has 1 aliphatic rings. The second-order valence-electron chi connectivity index (χ2n) is 6.24. The third kappa shape index (κ3) is 3.51. The molecule has 1 fully saturated rings. The van der Waals surface area contributed by atoms with Gasteiger partial charge >= 0.3 is 5.97 Å². The number of carboxylic acid groups (broad SMARTS) is 1. The highest BCUT2D eigenvalue weighted by molar-refractivity contribution is 6.33. The quantitative estimate of drug-likeness (QED) is 0.906. The number of likely N-dealkylation sites (tertiary alicyclic amines) is 1. The normalized spacial score (nSPS) is 15.4. The van der Waals surface area contributed by atoms with Crippen molar-refractivity contribution < 1.29 is 14.7 Å². The number of pyridine rings is 1. The summed E-state index contributed by atoms with van der Waals surface area (Å²) in [6, 6.07) is 5.28. The number of aromatic nitrogens is 3. The van der Waals surface area contributed by atoms with Gasteiger partial charge in [-0.1, -0.05) is 11.6 Å². The summed E-state index contributed by atoms with van der Waals surface area (Å²) >= 11 is 6.19. The van der Waals surface area contributed by atoms with Crippen molar-refractivity contribution in [2.24, 2.45) is 5.92 Å². The summed E-state index contributed by atoms with van der Waals surface area (Å²) in [5, 5.41) is 13.7. The third-order valence-electron chi connectivity index (χ3n) is 4.39. The smallest absolute Gasteiger partial charge is 0.306 e. The molecule has 3 rings (SSSR count). The number of hydrogen-bond donors (Lipinski definition) is 1. The van der Waals surface area contributed by atoms with Crippen LogP contribution >= 0.6 is 11.6 Å². The molecular formula is C17H19ClN4O3. The summed E-state index contributed by atoms with van der Waals surface area (Å²) in [4.78, 5) is 29.8. The van der Waals surface area contributed by atoms with Gasteiger partial charge in [-0.15, -0.1) is 0 Å². The Balaban J connectivity index is 1.85. The molecule has 2 aromatic heterocycles. The SMILES string of the molecule is Cc1cc(C)n(-c2ccc(Cl)c(C(=O)N3CCC(C(=O)O)CC3)n2)n1. The molecule has 1 amide bonds. The van der Waals surface area contributed by atoms with Gasteiger partial charge in [0, 0.05) is 18.8 Å². The maximum absolute atomic E-state index is 12.8. The molecule has 0 aliphatic carbocycles. The summed E-state index contributed by atoms with van der Waals surface area (Å²) in [7, 11) is 0. The number of hydrogen-bond acceptors (Lipinski definition) is 4. The van der Waals surface area contributed by atoms with Crippen LogP contribution < -0.4 is 0 Å². The van der Waals surface area contributed by atoms with Crippen molar-refractivity contribution in [1.82, 2.24) is 19.7 Å². The van der Waals surface area contributed by atoms with Crippen LogP contribution in [0.4, 0.5) is 0 Å². The van der Waals surface area contributed by atoms with E-state index in [-0.39, 0.29) is 16.6 Å². The molecule has 1 aliphatic heterocycles. The van der Waals surface area contributed by atoms with Gasteiger partial charge in [0.15, 0.2) is 5.82 Å². The van der Waals surface area contributed by atoms with Crippen LogP contribution in [-0.2, 0) is 4.79 Å². The standard InChI is InChI=1S/C17H19ClN4O3/c1-10-9-11(2)22(20-10)14-4-3-13(18)15(19-14)16(23)21-7-5-12(6-8-21)17(24)25/h3-4,9,12H,5-8H2,1-2H3,(H,24,25). The van der Waals surface area contributed by atoms with Crippen LogP contribution in [0.5, 0.6) is 0 Å². The molecule has 0 spiro atoms. The Morgan fingerprint density at radius 3 is 2.48 bits per heavy atom. The van der Waals surface area contributed by atoms with Crippen LogP contribution in [0.2, 0.25) is 5.02 Å². The van der Waals surface area contributed by atoms with E-state index in [1.165, 1.54) is 0 Å². The molecule has 1 N–H and O–H groups in total. The number of piperidine rings is 1. The molecule has 0 radical (unpaired) electrons. The van der Waals surface area contributed by atoms with E-state index >= 15 is 0 Å². The van der Waals surface area contributed by atoms with Crippen molar-refractivity contribution in [1.29, 1.82) is 0 Å². The largest absolute Gasteiger partial charge is 0.481 e. The van der Waals surface area contributed by atoms with Gasteiger partial charge in [-0.25, -0.2) is 9.67 Å². The lowest BCUT2D eigenvalue weighted by molar-refractivity contribution is -0.143. The second kappa shape index (κ2) is 6.84. The third-order valence-corrected chi connectivity index (χ3v) is 4.70. The van der Waals surface area contributed by atoms with Crippen molar-refractivity contribution in [2.45, 2.75) is 26.7 Å². The predicted molar refractivity (Wildman–Crippen MR) is 92.1 cm³/mol. The summed E-state index contributed by atoms with van der Waals surface area (Å²) in [6.45, 7) is 4.57. The van der Waals surface area contributed by atoms with Gasteiger partial charge in [-0.3, -0.25) is 9.59 Å². The van der Waals surface area contributed by atoms with Crippen molar-refractivity contribution in [3.63, 3.8) is 0 Å². The molecule has 3 heterocycles. The molecule has 8 heteroatoms. The molecule has 2 aromatic rings. The van der Waals surface area contributed by atoms with Crippen molar-refractivity contribution in [3.05, 3.63) is 40.3 Å². The van der Waals surface area contributed by atoms with E-state index in [9.17, 15) is 9.59 Å². The minimum absolute atomic E-state index is 0.167. The van der Waals surface area contributed by atoms with Crippen LogP contribution in [0.1, 0.15) is 34.7 Å². The van der Waals surface area contributed by atoms with Gasteiger partial charge in [-0.2, -0.15) is 5.10 Å². The molecule has 0 saturated carbocycles. The van der Waals surface area contributed by atoms with E-state index in [4.69, 9.17) is 16.7 Å². The highest BCUT2D eigenvalue weighted by atomic mass is 35.5. The zero-order valence-electron chi connectivity index (χ0n) is 14.1. The monoisotopic (exact) mass is 362 g/mol. The lowest BCUT2D eigenvalue weighted by atomic mass is 9.97. The number of aliphatic carboxylic acids is 1. The Hall–Kier alpha value is -2.41. The highest BCUT2D eigenvalue weighted by Gasteiger charge is 2.29. The molecule has 1 saturated heterocycles. The van der Waals surface area contributed by atoms with Crippen LogP contribution in [-0.4, -0.2) is 49.7 Å². The topological polar surface area (TPSA) is 88.3 Å². The van der Waals surface area contributed by atoms with Gasteiger partial charge in [0.05, 0.1) is 16.6 Å². The number of carbonyl (C=O) groups is 2. The van der Waals surface area contributed by atoms with E-state index < -0.39 is 11.9 Å². The van der Waals surface area contributed by atoms with Crippen LogP contribution in [0.25, 0.3) is 5.82 Å². The minimum atomic E-state index is -0.810. The Morgan fingerprint density at radius 1 is 1.24 bits per heavy atom. The Bertz CT molecular complexity index is 825. The highest BCUT2D eigenvalue weighted by Crippen LogP contribution is 2.23. The van der Waals surface area contributed by atoms with E-state index in [1.54, 1.807) is 21.7 Å². The number of nitrogens with zero attached hydrogens (tertiary/aromatic N) is 4. The fraction of sp³-hybridized carbons (Fsp3) is 0.412. The lowest BCUT2D eigenvalue weighted by Gasteiger charge is -2.30. The van der Waals surface area contributed by atoms with Crippen LogP contribution in [0.15, 0.2) is 18.2 Å². The predicted octanol–water partition coefficient (Wildman–Crippen LogP) is 2.47. The molecule has 132 valence electrons. The Labute approximate surface area is 150 Å². The van der Waals surface area contributed by atoms with E-state index in [1.807, 2.05) is 19.9 Å². The molecule has 0 atom stereocenters. The van der Waals surface area contributed by atoms with E-state index in [2.05, 4.69) is 10.1 Å². The van der Waals surface area contributed by atoms with Gasteiger partial charge in [-0.05, 0) is 44.9 Å². The molecule has 0 aromatic carbocycles. The van der Waals surface area contributed by atoms with E-state index in [0.29, 0.717) is 31.7 Å². The maximum atomic E-state index is 12.8. The molecule has 7 nitrogen and oxygen atoms in total. The number of halogens is 1. The second-order valence-corrected chi connectivity index (χ2v) is 6.65. The first-order chi connectivity index (χ1) is 11.9. The number of amides is 1. The maximum Gasteiger partial charge on any atom is 0.306 e. The van der Waals surface area contributed by atoms with Crippen LogP contribution in [0.3, 0.4) is 0 Å². The fourth-order valence-electron chi connectivity index (χ4n) is 3.04. The van der Waals surface area contributed by atoms with E-state index in [0.717, 1.165) is 11.4 Å². The fourth-order valence-corrected chi connectivity index (χ4v) is 3.23. The van der Waals surface area contributed by atoms with Gasteiger partial charge < -0.3 is 10.0 Å². The first kappa shape index (κ1) is 17.4. The van der Waals surface area contributed by atoms with Gasteiger partial charge in [0.1, 0.15) is 5.69 Å².